The first kappa shape index (κ1) is 14.1. The molecule has 0 atom stereocenters. The Hall–Kier alpha value is -1.81. The molecule has 0 aliphatic carbocycles. The van der Waals surface area contributed by atoms with E-state index in [1.165, 1.54) is 12.1 Å². The molecule has 1 saturated heterocycles. The van der Waals surface area contributed by atoms with Crippen molar-refractivity contribution in [3.63, 3.8) is 0 Å². The number of hydrogen-bond donors (Lipinski definition) is 0. The Morgan fingerprint density at radius 2 is 1.38 bits per heavy atom. The van der Waals surface area contributed by atoms with Crippen LogP contribution in [0.15, 0.2) is 42.5 Å². The van der Waals surface area contributed by atoms with Crippen LogP contribution in [0.4, 0.5) is 20.2 Å². The molecule has 5 heteroatoms. The zero-order valence-corrected chi connectivity index (χ0v) is 12.2. The quantitative estimate of drug-likeness (QED) is 0.829. The summed E-state index contributed by atoms with van der Waals surface area (Å²) in [6, 6.07) is 11.8. The van der Waals surface area contributed by atoms with E-state index in [-0.39, 0.29) is 0 Å². The first-order valence-electron chi connectivity index (χ1n) is 6.84. The predicted molar refractivity (Wildman–Crippen MR) is 82.2 cm³/mol. The van der Waals surface area contributed by atoms with Crippen molar-refractivity contribution >= 4 is 23.0 Å². The van der Waals surface area contributed by atoms with Gasteiger partial charge < -0.3 is 9.80 Å². The lowest BCUT2D eigenvalue weighted by molar-refractivity contribution is 0.507. The zero-order chi connectivity index (χ0) is 14.8. The second-order valence-electron chi connectivity index (χ2n) is 5.05. The van der Waals surface area contributed by atoms with Crippen LogP contribution in [-0.4, -0.2) is 26.2 Å². The van der Waals surface area contributed by atoms with Gasteiger partial charge >= 0.3 is 0 Å². The van der Waals surface area contributed by atoms with Crippen molar-refractivity contribution in [3.05, 3.63) is 59.1 Å². The van der Waals surface area contributed by atoms with Crippen molar-refractivity contribution in [1.82, 2.24) is 0 Å². The maximum atomic E-state index is 13.3. The number of piperazine rings is 1. The van der Waals surface area contributed by atoms with Gasteiger partial charge in [-0.2, -0.15) is 0 Å². The van der Waals surface area contributed by atoms with E-state index in [4.69, 9.17) is 11.6 Å². The molecule has 1 heterocycles. The Bertz CT molecular complexity index is 640. The van der Waals surface area contributed by atoms with Crippen LogP contribution in [0.25, 0.3) is 0 Å². The summed E-state index contributed by atoms with van der Waals surface area (Å²) < 4.78 is 26.3. The lowest BCUT2D eigenvalue weighted by atomic mass is 10.2. The minimum absolute atomic E-state index is 0.718. The van der Waals surface area contributed by atoms with Crippen molar-refractivity contribution in [1.29, 1.82) is 0 Å². The van der Waals surface area contributed by atoms with E-state index in [0.29, 0.717) is 0 Å². The Kier molecular flexibility index (Phi) is 3.97. The van der Waals surface area contributed by atoms with E-state index in [0.717, 1.165) is 42.6 Å². The molecule has 0 aromatic heterocycles. The smallest absolute Gasteiger partial charge is 0.160 e. The highest BCUT2D eigenvalue weighted by atomic mass is 35.5. The fourth-order valence-electron chi connectivity index (χ4n) is 2.58. The molecule has 1 aliphatic heterocycles. The van der Waals surface area contributed by atoms with Gasteiger partial charge in [-0.3, -0.25) is 0 Å². The summed E-state index contributed by atoms with van der Waals surface area (Å²) in [7, 11) is 0. The Balaban J connectivity index is 1.68. The molecule has 0 unspecified atom stereocenters. The molecule has 21 heavy (non-hydrogen) atoms. The minimum atomic E-state index is -0.809. The van der Waals surface area contributed by atoms with Gasteiger partial charge in [-0.15, -0.1) is 0 Å². The summed E-state index contributed by atoms with van der Waals surface area (Å²) in [4.78, 5) is 4.30. The molecule has 1 aliphatic rings. The Labute approximate surface area is 127 Å². The van der Waals surface area contributed by atoms with Crippen LogP contribution in [0.2, 0.25) is 5.02 Å². The monoisotopic (exact) mass is 308 g/mol. The van der Waals surface area contributed by atoms with E-state index < -0.39 is 11.6 Å². The number of benzene rings is 2. The van der Waals surface area contributed by atoms with E-state index in [2.05, 4.69) is 9.80 Å². The van der Waals surface area contributed by atoms with Crippen LogP contribution in [0.3, 0.4) is 0 Å². The summed E-state index contributed by atoms with van der Waals surface area (Å²) in [5.74, 6) is -1.61. The number of halogens is 3. The summed E-state index contributed by atoms with van der Waals surface area (Å²) in [6.07, 6.45) is 0. The fraction of sp³-hybridized carbons (Fsp3) is 0.250. The standard InChI is InChI=1S/C16H15ClF2N2/c17-12-2-1-3-13(10-12)20-6-8-21(9-7-20)14-4-5-15(18)16(19)11-14/h1-5,10-11H,6-9H2. The first-order valence-corrected chi connectivity index (χ1v) is 7.22. The predicted octanol–water partition coefficient (Wildman–Crippen LogP) is 3.94. The topological polar surface area (TPSA) is 6.48 Å². The largest absolute Gasteiger partial charge is 0.368 e. The molecule has 2 aromatic carbocycles. The van der Waals surface area contributed by atoms with Crippen LogP contribution in [-0.2, 0) is 0 Å². The average molecular weight is 309 g/mol. The van der Waals surface area contributed by atoms with Crippen LogP contribution >= 0.6 is 11.6 Å². The maximum absolute atomic E-state index is 13.3. The lowest BCUT2D eigenvalue weighted by Gasteiger charge is -2.37. The molecular formula is C16H15ClF2N2. The summed E-state index contributed by atoms with van der Waals surface area (Å²) in [5, 5.41) is 0.718. The number of hydrogen-bond acceptors (Lipinski definition) is 2. The van der Waals surface area contributed by atoms with Gasteiger partial charge in [0, 0.05) is 48.6 Å². The first-order chi connectivity index (χ1) is 10.1. The van der Waals surface area contributed by atoms with E-state index in [1.54, 1.807) is 6.07 Å². The number of anilines is 2. The lowest BCUT2D eigenvalue weighted by Crippen LogP contribution is -2.46. The van der Waals surface area contributed by atoms with Crippen LogP contribution in [0.5, 0.6) is 0 Å². The molecule has 0 bridgehead atoms. The van der Waals surface area contributed by atoms with Gasteiger partial charge in [0.1, 0.15) is 0 Å². The fourth-order valence-corrected chi connectivity index (χ4v) is 2.76. The number of rotatable bonds is 2. The van der Waals surface area contributed by atoms with Gasteiger partial charge in [-0.1, -0.05) is 17.7 Å². The third-order valence-corrected chi connectivity index (χ3v) is 3.96. The molecule has 2 aromatic rings. The van der Waals surface area contributed by atoms with Crippen LogP contribution in [0, 0.1) is 11.6 Å². The third kappa shape index (κ3) is 3.10. The second kappa shape index (κ2) is 5.90. The highest BCUT2D eigenvalue weighted by molar-refractivity contribution is 6.30. The van der Waals surface area contributed by atoms with Gasteiger partial charge in [0.15, 0.2) is 11.6 Å². The molecule has 0 radical (unpaired) electrons. The molecule has 1 fully saturated rings. The van der Waals surface area contributed by atoms with E-state index >= 15 is 0 Å². The SMILES string of the molecule is Fc1ccc(N2CCN(c3cccc(Cl)c3)CC2)cc1F. The summed E-state index contributed by atoms with van der Waals surface area (Å²) >= 11 is 6.01. The van der Waals surface area contributed by atoms with Crippen LogP contribution < -0.4 is 9.80 Å². The van der Waals surface area contributed by atoms with Crippen molar-refractivity contribution in [2.24, 2.45) is 0 Å². The second-order valence-corrected chi connectivity index (χ2v) is 5.49. The van der Waals surface area contributed by atoms with E-state index in [1.807, 2.05) is 24.3 Å². The highest BCUT2D eigenvalue weighted by Crippen LogP contribution is 2.23. The average Bonchev–Trinajstić information content (AvgIpc) is 2.50. The molecule has 0 spiro atoms. The Morgan fingerprint density at radius 1 is 0.762 bits per heavy atom. The van der Waals surface area contributed by atoms with Gasteiger partial charge in [0.25, 0.3) is 0 Å². The van der Waals surface area contributed by atoms with Crippen LogP contribution in [0.1, 0.15) is 0 Å². The molecule has 2 nitrogen and oxygen atoms in total. The van der Waals surface area contributed by atoms with Gasteiger partial charge in [-0.25, -0.2) is 8.78 Å². The van der Waals surface area contributed by atoms with Crippen molar-refractivity contribution < 1.29 is 8.78 Å². The zero-order valence-electron chi connectivity index (χ0n) is 11.4. The van der Waals surface area contributed by atoms with Crippen molar-refractivity contribution in [2.75, 3.05) is 36.0 Å². The minimum Gasteiger partial charge on any atom is -0.368 e. The highest BCUT2D eigenvalue weighted by Gasteiger charge is 2.18. The summed E-state index contributed by atoms with van der Waals surface area (Å²) in [6.45, 7) is 3.16. The van der Waals surface area contributed by atoms with Crippen molar-refractivity contribution in [2.45, 2.75) is 0 Å². The molecule has 110 valence electrons. The normalized spacial score (nSPS) is 15.4. The molecule has 3 rings (SSSR count). The van der Waals surface area contributed by atoms with Gasteiger partial charge in [0.05, 0.1) is 0 Å². The molecular weight excluding hydrogens is 294 g/mol. The maximum Gasteiger partial charge on any atom is 0.160 e. The molecule has 0 N–H and O–H groups in total. The summed E-state index contributed by atoms with van der Waals surface area (Å²) in [5.41, 5.74) is 1.81. The molecule has 0 amide bonds. The van der Waals surface area contributed by atoms with E-state index in [9.17, 15) is 8.78 Å². The molecule has 0 saturated carbocycles. The Morgan fingerprint density at radius 3 is 1.95 bits per heavy atom. The van der Waals surface area contributed by atoms with Crippen molar-refractivity contribution in [3.8, 4) is 0 Å². The van der Waals surface area contributed by atoms with Gasteiger partial charge in [0.2, 0.25) is 0 Å². The van der Waals surface area contributed by atoms with Gasteiger partial charge in [-0.05, 0) is 30.3 Å². The number of nitrogens with zero attached hydrogens (tertiary/aromatic N) is 2. The third-order valence-electron chi connectivity index (χ3n) is 3.72.